The number of hydrogen-bond acceptors (Lipinski definition) is 3. The van der Waals surface area contributed by atoms with Crippen molar-refractivity contribution < 1.29 is 10.2 Å². The monoisotopic (exact) mass is 159 g/mol. The molecule has 0 aromatic rings. The molecule has 1 rings (SSSR count). The summed E-state index contributed by atoms with van der Waals surface area (Å²) in [5.41, 5.74) is 0. The van der Waals surface area contributed by atoms with Gasteiger partial charge in [-0.05, 0) is 31.8 Å². The fourth-order valence-corrected chi connectivity index (χ4v) is 1.53. The van der Waals surface area contributed by atoms with Crippen LogP contribution in [0, 0.1) is 5.92 Å². The molecule has 2 N–H and O–H groups in total. The van der Waals surface area contributed by atoms with Gasteiger partial charge in [-0.15, -0.1) is 0 Å². The summed E-state index contributed by atoms with van der Waals surface area (Å²) >= 11 is 0. The Morgan fingerprint density at radius 2 is 1.82 bits per heavy atom. The SMILES string of the molecule is OCCN1CCC(CO)CC1. The van der Waals surface area contributed by atoms with Crippen LogP contribution in [0.2, 0.25) is 0 Å². The van der Waals surface area contributed by atoms with Crippen molar-refractivity contribution >= 4 is 0 Å². The van der Waals surface area contributed by atoms with Gasteiger partial charge in [-0.1, -0.05) is 0 Å². The van der Waals surface area contributed by atoms with Crippen LogP contribution in [0.15, 0.2) is 0 Å². The Labute approximate surface area is 67.6 Å². The van der Waals surface area contributed by atoms with Crippen molar-refractivity contribution in [1.29, 1.82) is 0 Å². The van der Waals surface area contributed by atoms with E-state index in [1.54, 1.807) is 0 Å². The fourth-order valence-electron chi connectivity index (χ4n) is 1.53. The smallest absolute Gasteiger partial charge is 0.0558 e. The molecule has 3 nitrogen and oxygen atoms in total. The van der Waals surface area contributed by atoms with Crippen LogP contribution in [-0.4, -0.2) is 48.0 Å². The molecular weight excluding hydrogens is 142 g/mol. The topological polar surface area (TPSA) is 43.7 Å². The number of rotatable bonds is 3. The lowest BCUT2D eigenvalue weighted by Crippen LogP contribution is -2.36. The Morgan fingerprint density at radius 1 is 1.18 bits per heavy atom. The summed E-state index contributed by atoms with van der Waals surface area (Å²) in [5, 5.41) is 17.5. The van der Waals surface area contributed by atoms with Crippen LogP contribution in [0.4, 0.5) is 0 Å². The van der Waals surface area contributed by atoms with Gasteiger partial charge in [0.2, 0.25) is 0 Å². The first kappa shape index (κ1) is 8.97. The molecule has 1 aliphatic rings. The molecule has 3 heteroatoms. The molecular formula is C8H17NO2. The Balaban J connectivity index is 2.14. The zero-order valence-corrected chi connectivity index (χ0v) is 6.87. The summed E-state index contributed by atoms with van der Waals surface area (Å²) in [4.78, 5) is 2.24. The molecule has 0 aliphatic carbocycles. The molecule has 0 saturated carbocycles. The van der Waals surface area contributed by atoms with Crippen LogP contribution in [0.5, 0.6) is 0 Å². The normalized spacial score (nSPS) is 22.4. The highest BCUT2D eigenvalue weighted by Gasteiger charge is 2.17. The highest BCUT2D eigenvalue weighted by atomic mass is 16.3. The van der Waals surface area contributed by atoms with E-state index >= 15 is 0 Å². The van der Waals surface area contributed by atoms with Gasteiger partial charge in [-0.25, -0.2) is 0 Å². The molecule has 66 valence electrons. The molecule has 1 heterocycles. The summed E-state index contributed by atoms with van der Waals surface area (Å²) in [6, 6.07) is 0. The highest BCUT2D eigenvalue weighted by molar-refractivity contribution is 4.70. The zero-order chi connectivity index (χ0) is 8.10. The highest BCUT2D eigenvalue weighted by Crippen LogP contribution is 2.15. The summed E-state index contributed by atoms with van der Waals surface area (Å²) in [6.07, 6.45) is 2.16. The molecule has 0 spiro atoms. The van der Waals surface area contributed by atoms with Gasteiger partial charge in [0.15, 0.2) is 0 Å². The lowest BCUT2D eigenvalue weighted by molar-refractivity contribution is 0.115. The molecule has 0 amide bonds. The molecule has 1 aliphatic heterocycles. The van der Waals surface area contributed by atoms with Gasteiger partial charge in [0.05, 0.1) is 6.61 Å². The van der Waals surface area contributed by atoms with E-state index in [-0.39, 0.29) is 6.61 Å². The van der Waals surface area contributed by atoms with E-state index in [0.717, 1.165) is 32.5 Å². The first-order valence-electron chi connectivity index (χ1n) is 4.31. The van der Waals surface area contributed by atoms with Crippen molar-refractivity contribution in [3.05, 3.63) is 0 Å². The van der Waals surface area contributed by atoms with Crippen molar-refractivity contribution in [2.75, 3.05) is 32.8 Å². The molecule has 1 fully saturated rings. The third-order valence-corrected chi connectivity index (χ3v) is 2.38. The Morgan fingerprint density at radius 3 is 2.27 bits per heavy atom. The predicted octanol–water partition coefficient (Wildman–Crippen LogP) is -0.317. The third-order valence-electron chi connectivity index (χ3n) is 2.38. The van der Waals surface area contributed by atoms with Crippen molar-refractivity contribution in [2.45, 2.75) is 12.8 Å². The van der Waals surface area contributed by atoms with Crippen molar-refractivity contribution in [2.24, 2.45) is 5.92 Å². The summed E-state index contributed by atoms with van der Waals surface area (Å²) in [6.45, 7) is 3.44. The average Bonchev–Trinajstić information content (AvgIpc) is 2.07. The lowest BCUT2D eigenvalue weighted by Gasteiger charge is -2.30. The number of hydrogen-bond donors (Lipinski definition) is 2. The second-order valence-electron chi connectivity index (χ2n) is 3.19. The molecule has 0 unspecified atom stereocenters. The van der Waals surface area contributed by atoms with Crippen LogP contribution in [0.1, 0.15) is 12.8 Å². The van der Waals surface area contributed by atoms with E-state index in [1.807, 2.05) is 0 Å². The minimum Gasteiger partial charge on any atom is -0.396 e. The summed E-state index contributed by atoms with van der Waals surface area (Å²) in [5.74, 6) is 0.505. The quantitative estimate of drug-likeness (QED) is 0.593. The van der Waals surface area contributed by atoms with Gasteiger partial charge in [-0.3, -0.25) is 0 Å². The number of aliphatic hydroxyl groups excluding tert-OH is 2. The van der Waals surface area contributed by atoms with Crippen molar-refractivity contribution in [3.8, 4) is 0 Å². The Hall–Kier alpha value is -0.120. The molecule has 0 aromatic heterocycles. The molecule has 0 atom stereocenters. The van der Waals surface area contributed by atoms with E-state index in [2.05, 4.69) is 4.90 Å². The second-order valence-corrected chi connectivity index (χ2v) is 3.19. The van der Waals surface area contributed by atoms with E-state index in [4.69, 9.17) is 10.2 Å². The molecule has 0 aromatic carbocycles. The average molecular weight is 159 g/mol. The van der Waals surface area contributed by atoms with Gasteiger partial charge in [0.25, 0.3) is 0 Å². The maximum Gasteiger partial charge on any atom is 0.0558 e. The molecule has 0 radical (unpaired) electrons. The Bertz CT molecular complexity index is 100. The zero-order valence-electron chi connectivity index (χ0n) is 6.87. The molecule has 0 bridgehead atoms. The van der Waals surface area contributed by atoms with Crippen LogP contribution in [-0.2, 0) is 0 Å². The van der Waals surface area contributed by atoms with Gasteiger partial charge >= 0.3 is 0 Å². The third kappa shape index (κ3) is 2.77. The number of likely N-dealkylation sites (tertiary alicyclic amines) is 1. The van der Waals surface area contributed by atoms with E-state index in [1.165, 1.54) is 0 Å². The summed E-state index contributed by atoms with van der Waals surface area (Å²) in [7, 11) is 0. The minimum atomic E-state index is 0.254. The molecule has 11 heavy (non-hydrogen) atoms. The first-order valence-corrected chi connectivity index (χ1v) is 4.31. The number of nitrogens with zero attached hydrogens (tertiary/aromatic N) is 1. The first-order chi connectivity index (χ1) is 5.36. The van der Waals surface area contributed by atoms with E-state index < -0.39 is 0 Å². The lowest BCUT2D eigenvalue weighted by atomic mass is 9.98. The largest absolute Gasteiger partial charge is 0.396 e. The van der Waals surface area contributed by atoms with Crippen LogP contribution < -0.4 is 0 Å². The summed E-state index contributed by atoms with van der Waals surface area (Å²) < 4.78 is 0. The van der Waals surface area contributed by atoms with Gasteiger partial charge in [-0.2, -0.15) is 0 Å². The number of β-amino-alcohol motifs (C(OH)–C–C–N with tert-alkyl or cyclic N) is 1. The van der Waals surface area contributed by atoms with Crippen LogP contribution in [0.3, 0.4) is 0 Å². The molecule has 1 saturated heterocycles. The predicted molar refractivity (Wildman–Crippen MR) is 43.3 cm³/mol. The minimum absolute atomic E-state index is 0.254. The van der Waals surface area contributed by atoms with Crippen LogP contribution >= 0.6 is 0 Å². The van der Waals surface area contributed by atoms with Gasteiger partial charge in [0.1, 0.15) is 0 Å². The van der Waals surface area contributed by atoms with E-state index in [0.29, 0.717) is 12.5 Å². The van der Waals surface area contributed by atoms with Crippen molar-refractivity contribution in [1.82, 2.24) is 4.90 Å². The maximum absolute atomic E-state index is 8.84. The number of piperidine rings is 1. The standard InChI is InChI=1S/C8H17NO2/c10-6-5-9-3-1-8(7-11)2-4-9/h8,10-11H,1-7H2. The van der Waals surface area contributed by atoms with Gasteiger partial charge < -0.3 is 15.1 Å². The van der Waals surface area contributed by atoms with E-state index in [9.17, 15) is 0 Å². The van der Waals surface area contributed by atoms with Gasteiger partial charge in [0, 0.05) is 13.2 Å². The van der Waals surface area contributed by atoms with Crippen molar-refractivity contribution in [3.63, 3.8) is 0 Å². The number of aliphatic hydroxyl groups is 2. The van der Waals surface area contributed by atoms with Crippen LogP contribution in [0.25, 0.3) is 0 Å². The fraction of sp³-hybridized carbons (Fsp3) is 1.00. The Kier molecular flexibility index (Phi) is 3.83. The second kappa shape index (κ2) is 4.70. The maximum atomic E-state index is 8.84.